The van der Waals surface area contributed by atoms with Crippen molar-refractivity contribution in [2.45, 2.75) is 52.7 Å². The summed E-state index contributed by atoms with van der Waals surface area (Å²) in [5.74, 6) is -0.953. The van der Waals surface area contributed by atoms with Crippen molar-refractivity contribution in [2.75, 3.05) is 0 Å². The summed E-state index contributed by atoms with van der Waals surface area (Å²) in [5.41, 5.74) is 0. The molecule has 21 heavy (non-hydrogen) atoms. The number of nitrogens with one attached hydrogen (secondary N) is 1. The zero-order chi connectivity index (χ0) is 16.0. The average molecular weight is 311 g/mol. The number of amides is 1. The molecule has 5 nitrogen and oxygen atoms in total. The van der Waals surface area contributed by atoms with E-state index in [4.69, 9.17) is 4.74 Å². The van der Waals surface area contributed by atoms with Gasteiger partial charge in [0.25, 0.3) is 5.91 Å². The Bertz CT molecular complexity index is 521. The van der Waals surface area contributed by atoms with Gasteiger partial charge in [-0.05, 0) is 39.8 Å². The first-order valence-corrected chi connectivity index (χ1v) is 7.70. The molecular formula is C15H21NO4S. The van der Waals surface area contributed by atoms with Crippen LogP contribution in [0.2, 0.25) is 0 Å². The molecule has 0 spiro atoms. The van der Waals surface area contributed by atoms with Crippen molar-refractivity contribution in [3.05, 3.63) is 21.9 Å². The molecule has 1 aromatic heterocycles. The van der Waals surface area contributed by atoms with E-state index < -0.39 is 12.1 Å². The first-order valence-electron chi connectivity index (χ1n) is 6.89. The Labute approximate surface area is 128 Å². The molecule has 0 aromatic carbocycles. The number of ether oxygens (including phenoxy) is 1. The molecule has 6 heteroatoms. The van der Waals surface area contributed by atoms with Gasteiger partial charge in [-0.2, -0.15) is 0 Å². The normalized spacial score (nSPS) is 12.0. The lowest BCUT2D eigenvalue weighted by Gasteiger charge is -2.15. The summed E-state index contributed by atoms with van der Waals surface area (Å²) in [7, 11) is 0. The number of ketones is 1. The fourth-order valence-electron chi connectivity index (χ4n) is 1.63. The van der Waals surface area contributed by atoms with E-state index in [2.05, 4.69) is 5.32 Å². The molecule has 0 fully saturated rings. The molecule has 0 radical (unpaired) electrons. The molecule has 1 rings (SSSR count). The van der Waals surface area contributed by atoms with Crippen molar-refractivity contribution < 1.29 is 19.1 Å². The third-order valence-electron chi connectivity index (χ3n) is 2.68. The Morgan fingerprint density at radius 1 is 1.19 bits per heavy atom. The van der Waals surface area contributed by atoms with Crippen LogP contribution in [0, 0.1) is 6.92 Å². The Morgan fingerprint density at radius 3 is 2.38 bits per heavy atom. The minimum atomic E-state index is -0.848. The number of carbonyl (C=O) groups is 3. The maximum absolute atomic E-state index is 11.9. The van der Waals surface area contributed by atoms with E-state index in [0.29, 0.717) is 4.88 Å². The lowest BCUT2D eigenvalue weighted by Crippen LogP contribution is -2.39. The van der Waals surface area contributed by atoms with Crippen LogP contribution in [-0.2, 0) is 14.3 Å². The Kier molecular flexibility index (Phi) is 6.55. The molecular weight excluding hydrogens is 290 g/mol. The highest BCUT2D eigenvalue weighted by atomic mass is 32.1. The average Bonchev–Trinajstić information content (AvgIpc) is 2.81. The number of rotatable bonds is 7. The maximum Gasteiger partial charge on any atom is 0.307 e. The van der Waals surface area contributed by atoms with E-state index >= 15 is 0 Å². The SMILES string of the molecule is Cc1ccc(C(=O)CCC(=O)O[C@@H](C)C(=O)NC(C)C)s1. The van der Waals surface area contributed by atoms with Gasteiger partial charge in [0.05, 0.1) is 11.3 Å². The van der Waals surface area contributed by atoms with Gasteiger partial charge in [-0.15, -0.1) is 11.3 Å². The van der Waals surface area contributed by atoms with E-state index in [1.165, 1.54) is 18.3 Å². The monoisotopic (exact) mass is 311 g/mol. The highest BCUT2D eigenvalue weighted by Crippen LogP contribution is 2.17. The molecule has 1 amide bonds. The van der Waals surface area contributed by atoms with Crippen LogP contribution >= 0.6 is 11.3 Å². The summed E-state index contributed by atoms with van der Waals surface area (Å²) in [6, 6.07) is 3.61. The van der Waals surface area contributed by atoms with Crippen molar-refractivity contribution in [3.8, 4) is 0 Å². The molecule has 116 valence electrons. The van der Waals surface area contributed by atoms with Gasteiger partial charge in [0, 0.05) is 17.3 Å². The van der Waals surface area contributed by atoms with E-state index in [0.717, 1.165) is 4.88 Å². The van der Waals surface area contributed by atoms with Gasteiger partial charge in [-0.3, -0.25) is 14.4 Å². The molecule has 1 N–H and O–H groups in total. The molecule has 0 saturated carbocycles. The van der Waals surface area contributed by atoms with E-state index in [9.17, 15) is 14.4 Å². The highest BCUT2D eigenvalue weighted by molar-refractivity contribution is 7.14. The van der Waals surface area contributed by atoms with E-state index in [-0.39, 0.29) is 30.6 Å². The van der Waals surface area contributed by atoms with E-state index in [1.807, 2.05) is 26.8 Å². The number of Topliss-reactive ketones (excluding diaryl/α,β-unsaturated/α-hetero) is 1. The minimum absolute atomic E-state index is 0.0118. The molecule has 1 aromatic rings. The van der Waals surface area contributed by atoms with Crippen LogP contribution in [0.5, 0.6) is 0 Å². The zero-order valence-corrected chi connectivity index (χ0v) is 13.6. The quantitative estimate of drug-likeness (QED) is 0.620. The van der Waals surface area contributed by atoms with Gasteiger partial charge in [-0.1, -0.05) is 0 Å². The van der Waals surface area contributed by atoms with Crippen LogP contribution in [0.3, 0.4) is 0 Å². The molecule has 0 aliphatic heterocycles. The largest absolute Gasteiger partial charge is 0.453 e. The van der Waals surface area contributed by atoms with Crippen molar-refractivity contribution in [1.29, 1.82) is 0 Å². The van der Waals surface area contributed by atoms with Gasteiger partial charge in [0.2, 0.25) is 0 Å². The minimum Gasteiger partial charge on any atom is -0.453 e. The first-order chi connectivity index (χ1) is 9.79. The van der Waals surface area contributed by atoms with Crippen molar-refractivity contribution in [3.63, 3.8) is 0 Å². The van der Waals surface area contributed by atoms with Gasteiger partial charge < -0.3 is 10.1 Å². The van der Waals surface area contributed by atoms with Gasteiger partial charge in [-0.25, -0.2) is 0 Å². The summed E-state index contributed by atoms with van der Waals surface area (Å²) in [4.78, 5) is 36.8. The number of esters is 1. The summed E-state index contributed by atoms with van der Waals surface area (Å²) >= 11 is 1.41. The zero-order valence-electron chi connectivity index (χ0n) is 12.8. The summed E-state index contributed by atoms with van der Waals surface area (Å²) in [6.45, 7) is 7.09. The molecule has 0 aliphatic rings. The molecule has 0 saturated heterocycles. The Hall–Kier alpha value is -1.69. The van der Waals surface area contributed by atoms with E-state index in [1.54, 1.807) is 6.07 Å². The van der Waals surface area contributed by atoms with Crippen molar-refractivity contribution in [2.24, 2.45) is 0 Å². The molecule has 1 atom stereocenters. The van der Waals surface area contributed by atoms with Crippen molar-refractivity contribution >= 4 is 29.0 Å². The smallest absolute Gasteiger partial charge is 0.307 e. The number of thiophene rings is 1. The second-order valence-corrected chi connectivity index (χ2v) is 6.42. The first kappa shape index (κ1) is 17.4. The Balaban J connectivity index is 2.37. The third-order valence-corrected chi connectivity index (χ3v) is 3.72. The molecule has 0 aliphatic carbocycles. The number of aryl methyl sites for hydroxylation is 1. The van der Waals surface area contributed by atoms with Crippen LogP contribution in [0.4, 0.5) is 0 Å². The third kappa shape index (κ3) is 6.08. The summed E-state index contributed by atoms with van der Waals surface area (Å²) < 4.78 is 5.00. The predicted molar refractivity (Wildman–Crippen MR) is 81.5 cm³/mol. The molecule has 0 unspecified atom stereocenters. The number of hydrogen-bond acceptors (Lipinski definition) is 5. The maximum atomic E-state index is 11.9. The van der Waals surface area contributed by atoms with Gasteiger partial charge in [0.1, 0.15) is 0 Å². The van der Waals surface area contributed by atoms with Crippen LogP contribution in [0.25, 0.3) is 0 Å². The van der Waals surface area contributed by atoms with Gasteiger partial charge >= 0.3 is 5.97 Å². The molecule has 0 bridgehead atoms. The fraction of sp³-hybridized carbons (Fsp3) is 0.533. The number of hydrogen-bond donors (Lipinski definition) is 1. The molecule has 1 heterocycles. The van der Waals surface area contributed by atoms with Gasteiger partial charge in [0.15, 0.2) is 11.9 Å². The summed E-state index contributed by atoms with van der Waals surface area (Å²) in [6.07, 6.45) is -0.772. The second-order valence-electron chi connectivity index (χ2n) is 5.13. The van der Waals surface area contributed by atoms with Crippen LogP contribution in [0.15, 0.2) is 12.1 Å². The van der Waals surface area contributed by atoms with Crippen LogP contribution in [0.1, 0.15) is 48.2 Å². The second kappa shape index (κ2) is 7.93. The Morgan fingerprint density at radius 2 is 1.86 bits per heavy atom. The standard InChI is InChI=1S/C15H21NO4S/c1-9(2)16-15(19)11(4)20-14(18)8-6-12(17)13-7-5-10(3)21-13/h5,7,9,11H,6,8H2,1-4H3,(H,16,19)/t11-/m0/s1. The van der Waals surface area contributed by atoms with Crippen LogP contribution < -0.4 is 5.32 Å². The predicted octanol–water partition coefficient (Wildman–Crippen LogP) is 2.48. The highest BCUT2D eigenvalue weighted by Gasteiger charge is 2.19. The number of carbonyl (C=O) groups excluding carboxylic acids is 3. The van der Waals surface area contributed by atoms with Crippen molar-refractivity contribution in [1.82, 2.24) is 5.32 Å². The fourth-order valence-corrected chi connectivity index (χ4v) is 2.47. The van der Waals surface area contributed by atoms with Crippen LogP contribution in [-0.4, -0.2) is 29.8 Å². The topological polar surface area (TPSA) is 72.5 Å². The lowest BCUT2D eigenvalue weighted by molar-refractivity contribution is -0.154. The lowest BCUT2D eigenvalue weighted by atomic mass is 10.2. The summed E-state index contributed by atoms with van der Waals surface area (Å²) in [5, 5.41) is 2.66.